The predicted octanol–water partition coefficient (Wildman–Crippen LogP) is 3.42. The summed E-state index contributed by atoms with van der Waals surface area (Å²) >= 11 is 0. The van der Waals surface area contributed by atoms with E-state index in [4.69, 9.17) is 0 Å². The molecule has 2 aliphatic carbocycles. The van der Waals surface area contributed by atoms with E-state index in [-0.39, 0.29) is 0 Å². The molecule has 2 heteroatoms. The molecule has 2 nitrogen and oxygen atoms in total. The molecule has 1 N–H and O–H groups in total. The van der Waals surface area contributed by atoms with Crippen molar-refractivity contribution in [3.05, 3.63) is 0 Å². The fourth-order valence-electron chi connectivity index (χ4n) is 4.09. The number of nitrogens with zero attached hydrogens (tertiary/aromatic N) is 1. The van der Waals surface area contributed by atoms with Gasteiger partial charge in [0.15, 0.2) is 0 Å². The van der Waals surface area contributed by atoms with Gasteiger partial charge in [-0.05, 0) is 44.7 Å². The summed E-state index contributed by atoms with van der Waals surface area (Å²) in [6.45, 7) is 5.91. The Bertz CT molecular complexity index is 227. The molecule has 0 aromatic rings. The maximum atomic E-state index is 3.63. The Morgan fingerprint density at radius 3 is 2.33 bits per heavy atom. The zero-order valence-corrected chi connectivity index (χ0v) is 12.5. The van der Waals surface area contributed by atoms with E-state index in [2.05, 4.69) is 24.2 Å². The molecule has 0 aromatic carbocycles. The SMILES string of the molecule is CCNCC1(CN(C)C2CCCC2)CCCCC1. The summed E-state index contributed by atoms with van der Waals surface area (Å²) in [7, 11) is 2.37. The van der Waals surface area contributed by atoms with Gasteiger partial charge >= 0.3 is 0 Å². The van der Waals surface area contributed by atoms with Crippen LogP contribution in [-0.2, 0) is 0 Å². The Morgan fingerprint density at radius 1 is 1.06 bits per heavy atom. The Kier molecular flexibility index (Phi) is 5.50. The summed E-state index contributed by atoms with van der Waals surface area (Å²) in [5.74, 6) is 0. The highest BCUT2D eigenvalue weighted by Crippen LogP contribution is 2.37. The quantitative estimate of drug-likeness (QED) is 0.779. The summed E-state index contributed by atoms with van der Waals surface area (Å²) in [6, 6.07) is 0.880. The molecule has 0 saturated heterocycles. The molecular weight excluding hydrogens is 220 g/mol. The first-order valence-corrected chi connectivity index (χ1v) is 8.17. The molecule has 0 aromatic heterocycles. The number of rotatable bonds is 6. The van der Waals surface area contributed by atoms with E-state index in [1.54, 1.807) is 0 Å². The van der Waals surface area contributed by atoms with Crippen LogP contribution < -0.4 is 5.32 Å². The zero-order valence-electron chi connectivity index (χ0n) is 12.5. The average molecular weight is 252 g/mol. The third-order valence-electron chi connectivity index (χ3n) is 5.20. The van der Waals surface area contributed by atoms with Gasteiger partial charge in [-0.2, -0.15) is 0 Å². The third kappa shape index (κ3) is 3.71. The second-order valence-corrected chi connectivity index (χ2v) is 6.69. The van der Waals surface area contributed by atoms with Crippen molar-refractivity contribution >= 4 is 0 Å². The topological polar surface area (TPSA) is 15.3 Å². The van der Waals surface area contributed by atoms with Crippen molar-refractivity contribution < 1.29 is 0 Å². The molecule has 0 amide bonds. The molecule has 2 aliphatic rings. The molecular formula is C16H32N2. The van der Waals surface area contributed by atoms with Crippen molar-refractivity contribution in [3.8, 4) is 0 Å². The lowest BCUT2D eigenvalue weighted by molar-refractivity contribution is 0.0944. The molecule has 0 aliphatic heterocycles. The van der Waals surface area contributed by atoms with Crippen LogP contribution in [-0.4, -0.2) is 37.6 Å². The molecule has 0 spiro atoms. The largest absolute Gasteiger partial charge is 0.316 e. The van der Waals surface area contributed by atoms with Gasteiger partial charge in [0.25, 0.3) is 0 Å². The molecule has 2 saturated carbocycles. The molecule has 18 heavy (non-hydrogen) atoms. The van der Waals surface area contributed by atoms with Crippen LogP contribution in [0.2, 0.25) is 0 Å². The lowest BCUT2D eigenvalue weighted by Crippen LogP contribution is -2.46. The standard InChI is InChI=1S/C16H32N2/c1-3-17-13-16(11-7-4-8-12-16)14-18(2)15-9-5-6-10-15/h15,17H,3-14H2,1-2H3. The van der Waals surface area contributed by atoms with Crippen molar-refractivity contribution in [2.75, 3.05) is 26.7 Å². The summed E-state index contributed by atoms with van der Waals surface area (Å²) in [5, 5.41) is 3.63. The van der Waals surface area contributed by atoms with Crippen LogP contribution >= 0.6 is 0 Å². The Balaban J connectivity index is 1.90. The van der Waals surface area contributed by atoms with E-state index < -0.39 is 0 Å². The van der Waals surface area contributed by atoms with Gasteiger partial charge in [0.05, 0.1) is 0 Å². The Labute approximate surface area is 114 Å². The van der Waals surface area contributed by atoms with Gasteiger partial charge in [-0.15, -0.1) is 0 Å². The maximum absolute atomic E-state index is 3.63. The van der Waals surface area contributed by atoms with E-state index in [9.17, 15) is 0 Å². The smallest absolute Gasteiger partial charge is 0.00924 e. The van der Waals surface area contributed by atoms with Crippen LogP contribution in [0.3, 0.4) is 0 Å². The van der Waals surface area contributed by atoms with Crippen LogP contribution in [0.4, 0.5) is 0 Å². The van der Waals surface area contributed by atoms with E-state index in [0.717, 1.165) is 12.6 Å². The van der Waals surface area contributed by atoms with Crippen molar-refractivity contribution in [1.82, 2.24) is 10.2 Å². The van der Waals surface area contributed by atoms with Crippen LogP contribution in [0.1, 0.15) is 64.7 Å². The Morgan fingerprint density at radius 2 is 1.72 bits per heavy atom. The van der Waals surface area contributed by atoms with Crippen LogP contribution in [0.25, 0.3) is 0 Å². The van der Waals surface area contributed by atoms with Gasteiger partial charge in [0.2, 0.25) is 0 Å². The highest BCUT2D eigenvalue weighted by atomic mass is 15.1. The number of hydrogen-bond donors (Lipinski definition) is 1. The fourth-order valence-corrected chi connectivity index (χ4v) is 4.09. The number of hydrogen-bond acceptors (Lipinski definition) is 2. The monoisotopic (exact) mass is 252 g/mol. The first-order valence-electron chi connectivity index (χ1n) is 8.17. The predicted molar refractivity (Wildman–Crippen MR) is 78.9 cm³/mol. The second-order valence-electron chi connectivity index (χ2n) is 6.69. The van der Waals surface area contributed by atoms with Gasteiger partial charge in [0, 0.05) is 19.1 Å². The van der Waals surface area contributed by atoms with Crippen LogP contribution in [0.15, 0.2) is 0 Å². The minimum atomic E-state index is 0.575. The van der Waals surface area contributed by atoms with Gasteiger partial charge in [-0.1, -0.05) is 39.0 Å². The first-order chi connectivity index (χ1) is 8.76. The van der Waals surface area contributed by atoms with Gasteiger partial charge < -0.3 is 10.2 Å². The lowest BCUT2D eigenvalue weighted by atomic mass is 9.73. The highest BCUT2D eigenvalue weighted by molar-refractivity contribution is 4.89. The van der Waals surface area contributed by atoms with Crippen LogP contribution in [0.5, 0.6) is 0 Å². The minimum Gasteiger partial charge on any atom is -0.316 e. The molecule has 0 unspecified atom stereocenters. The Hall–Kier alpha value is -0.0800. The summed E-state index contributed by atoms with van der Waals surface area (Å²) in [4.78, 5) is 2.69. The van der Waals surface area contributed by atoms with E-state index >= 15 is 0 Å². The normalized spacial score (nSPS) is 24.8. The summed E-state index contributed by atoms with van der Waals surface area (Å²) in [5.41, 5.74) is 0.575. The van der Waals surface area contributed by atoms with Crippen molar-refractivity contribution in [3.63, 3.8) is 0 Å². The minimum absolute atomic E-state index is 0.575. The maximum Gasteiger partial charge on any atom is 0.00924 e. The fraction of sp³-hybridized carbons (Fsp3) is 1.00. The van der Waals surface area contributed by atoms with E-state index in [0.29, 0.717) is 5.41 Å². The highest BCUT2D eigenvalue weighted by Gasteiger charge is 2.34. The summed E-state index contributed by atoms with van der Waals surface area (Å²) < 4.78 is 0. The molecule has 2 rings (SSSR count). The van der Waals surface area contributed by atoms with Crippen molar-refractivity contribution in [1.29, 1.82) is 0 Å². The third-order valence-corrected chi connectivity index (χ3v) is 5.20. The molecule has 0 radical (unpaired) electrons. The summed E-state index contributed by atoms with van der Waals surface area (Å²) in [6.07, 6.45) is 13.0. The van der Waals surface area contributed by atoms with E-state index in [1.807, 2.05) is 0 Å². The molecule has 0 atom stereocenters. The van der Waals surface area contributed by atoms with Gasteiger partial charge in [-0.3, -0.25) is 0 Å². The first kappa shape index (κ1) is 14.3. The molecule has 0 bridgehead atoms. The van der Waals surface area contributed by atoms with Crippen molar-refractivity contribution in [2.24, 2.45) is 5.41 Å². The number of nitrogens with one attached hydrogen (secondary N) is 1. The average Bonchev–Trinajstić information content (AvgIpc) is 2.91. The molecule has 2 fully saturated rings. The van der Waals surface area contributed by atoms with E-state index in [1.165, 1.54) is 70.9 Å². The van der Waals surface area contributed by atoms with Crippen molar-refractivity contribution in [2.45, 2.75) is 70.8 Å². The molecule has 106 valence electrons. The zero-order chi connectivity index (χ0) is 12.8. The lowest BCUT2D eigenvalue weighted by Gasteiger charge is -2.42. The molecule has 0 heterocycles. The second kappa shape index (κ2) is 6.91. The van der Waals surface area contributed by atoms with Gasteiger partial charge in [0.1, 0.15) is 0 Å². The van der Waals surface area contributed by atoms with Crippen LogP contribution in [0, 0.1) is 5.41 Å². The van der Waals surface area contributed by atoms with Gasteiger partial charge in [-0.25, -0.2) is 0 Å².